The van der Waals surface area contributed by atoms with Gasteiger partial charge in [0.15, 0.2) is 0 Å². The Morgan fingerprint density at radius 1 is 1.62 bits per heavy atom. The Hall–Kier alpha value is -1.00. The minimum absolute atomic E-state index is 0. The zero-order valence-electron chi connectivity index (χ0n) is 9.53. The highest BCUT2D eigenvalue weighted by Crippen LogP contribution is 2.01. The third-order valence-corrected chi connectivity index (χ3v) is 2.37. The molecule has 1 rings (SSSR count). The van der Waals surface area contributed by atoms with E-state index in [2.05, 4.69) is 17.2 Å². The summed E-state index contributed by atoms with van der Waals surface area (Å²) < 4.78 is 0. The molecule has 0 spiro atoms. The van der Waals surface area contributed by atoms with Gasteiger partial charge in [0.25, 0.3) is 5.91 Å². The van der Waals surface area contributed by atoms with Crippen molar-refractivity contribution in [2.45, 2.75) is 32.2 Å². The van der Waals surface area contributed by atoms with Gasteiger partial charge in [-0.3, -0.25) is 4.79 Å². The van der Waals surface area contributed by atoms with Gasteiger partial charge in [-0.15, -0.1) is 12.4 Å². The summed E-state index contributed by atoms with van der Waals surface area (Å²) in [5.41, 5.74) is 6.18. The number of carbonyl (C=O) groups is 1. The van der Waals surface area contributed by atoms with Crippen molar-refractivity contribution in [1.29, 1.82) is 0 Å². The molecule has 0 aromatic carbocycles. The van der Waals surface area contributed by atoms with Crippen LogP contribution < -0.4 is 11.1 Å². The Bertz CT molecular complexity index is 287. The summed E-state index contributed by atoms with van der Waals surface area (Å²) in [6, 6.07) is 3.64. The van der Waals surface area contributed by atoms with Crippen molar-refractivity contribution >= 4 is 18.3 Å². The van der Waals surface area contributed by atoms with Gasteiger partial charge in [0.05, 0.1) is 0 Å². The van der Waals surface area contributed by atoms with Gasteiger partial charge in [-0.1, -0.05) is 19.8 Å². The molecule has 0 saturated carbocycles. The highest BCUT2D eigenvalue weighted by atomic mass is 35.5. The third-order valence-electron chi connectivity index (χ3n) is 2.37. The maximum absolute atomic E-state index is 11.6. The number of aromatic nitrogens is 1. The van der Waals surface area contributed by atoms with Gasteiger partial charge in [0.2, 0.25) is 0 Å². The summed E-state index contributed by atoms with van der Waals surface area (Å²) in [5.74, 6) is -0.0773. The van der Waals surface area contributed by atoms with Gasteiger partial charge in [0, 0.05) is 18.8 Å². The molecule has 0 aliphatic heterocycles. The van der Waals surface area contributed by atoms with E-state index < -0.39 is 0 Å². The SMILES string of the molecule is CCCCC(CN)NC(=O)c1ccc[nH]1.Cl. The van der Waals surface area contributed by atoms with E-state index in [-0.39, 0.29) is 24.4 Å². The predicted molar refractivity (Wildman–Crippen MR) is 67.9 cm³/mol. The average Bonchev–Trinajstić information content (AvgIpc) is 2.77. The number of hydrogen-bond donors (Lipinski definition) is 3. The highest BCUT2D eigenvalue weighted by molar-refractivity contribution is 5.92. The topological polar surface area (TPSA) is 70.9 Å². The second-order valence-electron chi connectivity index (χ2n) is 3.63. The normalized spacial score (nSPS) is 11.6. The molecule has 92 valence electrons. The second kappa shape index (κ2) is 8.19. The van der Waals surface area contributed by atoms with E-state index in [0.29, 0.717) is 12.2 Å². The molecule has 0 fully saturated rings. The van der Waals surface area contributed by atoms with Crippen molar-refractivity contribution in [3.05, 3.63) is 24.0 Å². The van der Waals surface area contributed by atoms with Crippen molar-refractivity contribution in [1.82, 2.24) is 10.3 Å². The van der Waals surface area contributed by atoms with Crippen LogP contribution in [-0.2, 0) is 0 Å². The fourth-order valence-electron chi connectivity index (χ4n) is 1.43. The molecular formula is C11H20ClN3O. The zero-order chi connectivity index (χ0) is 11.1. The number of aromatic amines is 1. The number of hydrogen-bond acceptors (Lipinski definition) is 2. The Morgan fingerprint density at radius 3 is 2.88 bits per heavy atom. The van der Waals surface area contributed by atoms with Crippen molar-refractivity contribution < 1.29 is 4.79 Å². The molecule has 0 bridgehead atoms. The van der Waals surface area contributed by atoms with Gasteiger partial charge in [-0.05, 0) is 18.6 Å². The lowest BCUT2D eigenvalue weighted by molar-refractivity contribution is 0.0931. The molecule has 0 aliphatic carbocycles. The summed E-state index contributed by atoms with van der Waals surface area (Å²) in [7, 11) is 0. The van der Waals surface area contributed by atoms with Crippen LogP contribution in [0, 0.1) is 0 Å². The summed E-state index contributed by atoms with van der Waals surface area (Å²) in [6.45, 7) is 2.62. The summed E-state index contributed by atoms with van der Waals surface area (Å²) >= 11 is 0. The zero-order valence-corrected chi connectivity index (χ0v) is 10.3. The first kappa shape index (κ1) is 15.0. The van der Waals surface area contributed by atoms with Crippen LogP contribution in [0.1, 0.15) is 36.7 Å². The lowest BCUT2D eigenvalue weighted by Crippen LogP contribution is -2.40. The first-order valence-corrected chi connectivity index (χ1v) is 5.42. The molecular weight excluding hydrogens is 226 g/mol. The Kier molecular flexibility index (Phi) is 7.68. The van der Waals surface area contributed by atoms with E-state index >= 15 is 0 Å². The molecule has 1 atom stereocenters. The number of H-pyrrole nitrogens is 1. The number of nitrogens with one attached hydrogen (secondary N) is 2. The molecule has 0 saturated heterocycles. The predicted octanol–water partition coefficient (Wildman–Crippen LogP) is 1.68. The van der Waals surface area contributed by atoms with Gasteiger partial charge >= 0.3 is 0 Å². The van der Waals surface area contributed by atoms with Crippen LogP contribution >= 0.6 is 12.4 Å². The van der Waals surface area contributed by atoms with Gasteiger partial charge in [0.1, 0.15) is 5.69 Å². The molecule has 1 amide bonds. The maximum Gasteiger partial charge on any atom is 0.267 e. The minimum atomic E-state index is -0.0773. The first-order chi connectivity index (χ1) is 7.27. The molecule has 5 heteroatoms. The molecule has 4 nitrogen and oxygen atoms in total. The van der Waals surface area contributed by atoms with E-state index in [1.54, 1.807) is 18.3 Å². The molecule has 16 heavy (non-hydrogen) atoms. The average molecular weight is 246 g/mol. The molecule has 4 N–H and O–H groups in total. The fourth-order valence-corrected chi connectivity index (χ4v) is 1.43. The number of carbonyl (C=O) groups excluding carboxylic acids is 1. The van der Waals surface area contributed by atoms with Crippen molar-refractivity contribution in [2.24, 2.45) is 5.73 Å². The number of nitrogens with two attached hydrogens (primary N) is 1. The molecule has 0 radical (unpaired) electrons. The molecule has 1 heterocycles. The van der Waals surface area contributed by atoms with Crippen LogP contribution in [0.3, 0.4) is 0 Å². The van der Waals surface area contributed by atoms with Crippen molar-refractivity contribution in [3.8, 4) is 0 Å². The Morgan fingerprint density at radius 2 is 2.38 bits per heavy atom. The van der Waals surface area contributed by atoms with Gasteiger partial charge in [-0.2, -0.15) is 0 Å². The van der Waals surface area contributed by atoms with E-state index in [0.717, 1.165) is 19.3 Å². The van der Waals surface area contributed by atoms with Crippen LogP contribution in [0.15, 0.2) is 18.3 Å². The van der Waals surface area contributed by atoms with Crippen LogP contribution in [-0.4, -0.2) is 23.5 Å². The Balaban J connectivity index is 0.00000225. The largest absolute Gasteiger partial charge is 0.357 e. The summed E-state index contributed by atoms with van der Waals surface area (Å²) in [4.78, 5) is 14.5. The molecule has 1 unspecified atom stereocenters. The van der Waals surface area contributed by atoms with Crippen LogP contribution in [0.4, 0.5) is 0 Å². The fraction of sp³-hybridized carbons (Fsp3) is 0.545. The monoisotopic (exact) mass is 245 g/mol. The third kappa shape index (κ3) is 4.68. The smallest absolute Gasteiger partial charge is 0.267 e. The molecule has 1 aromatic heterocycles. The van der Waals surface area contributed by atoms with Crippen LogP contribution in [0.2, 0.25) is 0 Å². The second-order valence-corrected chi connectivity index (χ2v) is 3.63. The van der Waals surface area contributed by atoms with Gasteiger partial charge < -0.3 is 16.0 Å². The molecule has 0 aliphatic rings. The standard InChI is InChI=1S/C11H19N3O.ClH/c1-2-3-5-9(8-12)14-11(15)10-6-4-7-13-10;/h4,6-7,9,13H,2-3,5,8,12H2,1H3,(H,14,15);1H. The van der Waals surface area contributed by atoms with E-state index in [1.807, 2.05) is 0 Å². The lowest BCUT2D eigenvalue weighted by atomic mass is 10.1. The highest BCUT2D eigenvalue weighted by Gasteiger charge is 2.11. The number of rotatable bonds is 6. The first-order valence-electron chi connectivity index (χ1n) is 5.42. The number of halogens is 1. The van der Waals surface area contributed by atoms with Gasteiger partial charge in [-0.25, -0.2) is 0 Å². The number of amides is 1. The summed E-state index contributed by atoms with van der Waals surface area (Å²) in [5, 5.41) is 2.91. The van der Waals surface area contributed by atoms with Crippen LogP contribution in [0.5, 0.6) is 0 Å². The summed E-state index contributed by atoms with van der Waals surface area (Å²) in [6.07, 6.45) is 4.89. The maximum atomic E-state index is 11.6. The van der Waals surface area contributed by atoms with Crippen molar-refractivity contribution in [2.75, 3.05) is 6.54 Å². The Labute approximate surface area is 102 Å². The quantitative estimate of drug-likeness (QED) is 0.714. The lowest BCUT2D eigenvalue weighted by Gasteiger charge is -2.15. The number of unbranched alkanes of at least 4 members (excludes halogenated alkanes) is 1. The van der Waals surface area contributed by atoms with E-state index in [4.69, 9.17) is 5.73 Å². The van der Waals surface area contributed by atoms with Crippen molar-refractivity contribution in [3.63, 3.8) is 0 Å². The minimum Gasteiger partial charge on any atom is -0.357 e. The van der Waals surface area contributed by atoms with Crippen LogP contribution in [0.25, 0.3) is 0 Å². The van der Waals surface area contributed by atoms with E-state index in [1.165, 1.54) is 0 Å². The molecule has 1 aromatic rings. The van der Waals surface area contributed by atoms with E-state index in [9.17, 15) is 4.79 Å².